The Bertz CT molecular complexity index is 713. The van der Waals surface area contributed by atoms with Crippen LogP contribution >= 0.6 is 0 Å². The van der Waals surface area contributed by atoms with E-state index in [1.165, 1.54) is 23.0 Å². The summed E-state index contributed by atoms with van der Waals surface area (Å²) >= 11 is 0. The number of aryl methyl sites for hydroxylation is 1. The highest BCUT2D eigenvalue weighted by Crippen LogP contribution is 2.33. The van der Waals surface area contributed by atoms with Gasteiger partial charge in [0.25, 0.3) is 0 Å². The van der Waals surface area contributed by atoms with Crippen LogP contribution in [0.3, 0.4) is 0 Å². The zero-order chi connectivity index (χ0) is 17.8. The Morgan fingerprint density at radius 2 is 2.20 bits per heavy atom. The predicted molar refractivity (Wildman–Crippen MR) is 97.2 cm³/mol. The number of nitrogens with zero attached hydrogens (tertiary/aromatic N) is 4. The highest BCUT2D eigenvalue weighted by atomic mass is 16.2. The lowest BCUT2D eigenvalue weighted by atomic mass is 9.90. The van der Waals surface area contributed by atoms with Crippen molar-refractivity contribution >= 4 is 6.03 Å². The molecule has 6 nitrogen and oxygen atoms in total. The monoisotopic (exact) mass is 341 g/mol. The first-order chi connectivity index (χ1) is 12.1. The SMILES string of the molecule is Cc1cccc(C2CCCCN2C(=O)NC(C)Cn2cncn2)c1C. The summed E-state index contributed by atoms with van der Waals surface area (Å²) in [7, 11) is 0. The number of benzene rings is 1. The average Bonchev–Trinajstić information content (AvgIpc) is 3.10. The van der Waals surface area contributed by atoms with Crippen molar-refractivity contribution in [3.8, 4) is 0 Å². The van der Waals surface area contributed by atoms with Gasteiger partial charge in [0.05, 0.1) is 12.6 Å². The van der Waals surface area contributed by atoms with Crippen LogP contribution < -0.4 is 5.32 Å². The van der Waals surface area contributed by atoms with Crippen molar-refractivity contribution < 1.29 is 4.79 Å². The van der Waals surface area contributed by atoms with Crippen LogP contribution in [0, 0.1) is 13.8 Å². The number of hydrogen-bond acceptors (Lipinski definition) is 3. The fourth-order valence-electron chi connectivity index (χ4n) is 3.58. The molecule has 2 unspecified atom stereocenters. The molecule has 1 aliphatic heterocycles. The van der Waals surface area contributed by atoms with Gasteiger partial charge in [0.2, 0.25) is 0 Å². The van der Waals surface area contributed by atoms with Crippen molar-refractivity contribution in [1.82, 2.24) is 25.0 Å². The number of carbonyl (C=O) groups excluding carboxylic acids is 1. The summed E-state index contributed by atoms with van der Waals surface area (Å²) in [5, 5.41) is 7.22. The number of aromatic nitrogens is 3. The van der Waals surface area contributed by atoms with E-state index in [0.717, 1.165) is 25.8 Å². The van der Waals surface area contributed by atoms with Crippen molar-refractivity contribution in [3.05, 3.63) is 47.5 Å². The van der Waals surface area contributed by atoms with Crippen LogP contribution in [0.15, 0.2) is 30.9 Å². The first-order valence-electron chi connectivity index (χ1n) is 9.02. The van der Waals surface area contributed by atoms with Crippen LogP contribution in [0.1, 0.15) is 48.9 Å². The summed E-state index contributed by atoms with van der Waals surface area (Å²) < 4.78 is 1.74. The highest BCUT2D eigenvalue weighted by Gasteiger charge is 2.29. The van der Waals surface area contributed by atoms with E-state index in [1.807, 2.05) is 11.8 Å². The summed E-state index contributed by atoms with van der Waals surface area (Å²) in [5.41, 5.74) is 3.85. The Balaban J connectivity index is 1.71. The Hall–Kier alpha value is -2.37. The number of carbonyl (C=O) groups is 1. The molecular weight excluding hydrogens is 314 g/mol. The van der Waals surface area contributed by atoms with Gasteiger partial charge in [-0.3, -0.25) is 4.68 Å². The molecule has 2 atom stereocenters. The van der Waals surface area contributed by atoms with Crippen LogP contribution in [-0.4, -0.2) is 38.3 Å². The number of rotatable bonds is 4. The van der Waals surface area contributed by atoms with Crippen molar-refractivity contribution in [3.63, 3.8) is 0 Å². The number of hydrogen-bond donors (Lipinski definition) is 1. The normalized spacial score (nSPS) is 18.8. The molecule has 134 valence electrons. The summed E-state index contributed by atoms with van der Waals surface area (Å²) in [6.45, 7) is 7.71. The zero-order valence-corrected chi connectivity index (χ0v) is 15.3. The molecule has 1 N–H and O–H groups in total. The fraction of sp³-hybridized carbons (Fsp3) is 0.526. The van der Waals surface area contributed by atoms with Gasteiger partial charge in [0, 0.05) is 12.6 Å². The second-order valence-electron chi connectivity index (χ2n) is 6.96. The lowest BCUT2D eigenvalue weighted by molar-refractivity contribution is 0.147. The van der Waals surface area contributed by atoms with Crippen molar-refractivity contribution in [2.45, 2.75) is 58.7 Å². The molecule has 0 bridgehead atoms. The molecule has 2 heterocycles. The Kier molecular flexibility index (Phi) is 5.36. The van der Waals surface area contributed by atoms with E-state index in [9.17, 15) is 4.79 Å². The molecular formula is C19H27N5O. The molecule has 1 aromatic heterocycles. The number of likely N-dealkylation sites (tertiary alicyclic amines) is 1. The predicted octanol–water partition coefficient (Wildman–Crippen LogP) is 3.22. The Labute approximate surface area is 149 Å². The van der Waals surface area contributed by atoms with Crippen LogP contribution in [-0.2, 0) is 6.54 Å². The fourth-order valence-corrected chi connectivity index (χ4v) is 3.58. The van der Waals surface area contributed by atoms with E-state index in [2.05, 4.69) is 47.4 Å². The van der Waals surface area contributed by atoms with E-state index in [4.69, 9.17) is 0 Å². The molecule has 3 rings (SSSR count). The summed E-state index contributed by atoms with van der Waals surface area (Å²) in [6.07, 6.45) is 6.43. The maximum atomic E-state index is 12.9. The first kappa shape index (κ1) is 17.5. The summed E-state index contributed by atoms with van der Waals surface area (Å²) in [5.74, 6) is 0. The third kappa shape index (κ3) is 4.00. The van der Waals surface area contributed by atoms with Gasteiger partial charge >= 0.3 is 6.03 Å². The second kappa shape index (κ2) is 7.68. The van der Waals surface area contributed by atoms with Gasteiger partial charge in [-0.25, -0.2) is 9.78 Å². The molecule has 0 spiro atoms. The van der Waals surface area contributed by atoms with Gasteiger partial charge in [-0.15, -0.1) is 0 Å². The molecule has 25 heavy (non-hydrogen) atoms. The molecule has 1 saturated heterocycles. The van der Waals surface area contributed by atoms with Crippen LogP contribution in [0.2, 0.25) is 0 Å². The number of nitrogens with one attached hydrogen (secondary N) is 1. The van der Waals surface area contributed by atoms with Crippen molar-refractivity contribution in [2.24, 2.45) is 0 Å². The lowest BCUT2D eigenvalue weighted by Gasteiger charge is -2.37. The molecule has 1 fully saturated rings. The molecule has 1 aromatic carbocycles. The highest BCUT2D eigenvalue weighted by molar-refractivity contribution is 5.75. The minimum atomic E-state index is -0.00428. The summed E-state index contributed by atoms with van der Waals surface area (Å²) in [4.78, 5) is 18.8. The molecule has 2 amide bonds. The van der Waals surface area contributed by atoms with Crippen molar-refractivity contribution in [2.75, 3.05) is 6.54 Å². The quantitative estimate of drug-likeness (QED) is 0.929. The third-order valence-electron chi connectivity index (χ3n) is 5.07. The molecule has 1 aliphatic rings. The van der Waals surface area contributed by atoms with Gasteiger partial charge in [0.15, 0.2) is 0 Å². The smallest absolute Gasteiger partial charge is 0.318 e. The molecule has 2 aromatic rings. The third-order valence-corrected chi connectivity index (χ3v) is 5.07. The minimum absolute atomic E-state index is 0.00428. The standard InChI is InChI=1S/C19H27N5O/c1-14-7-6-8-17(16(14)3)18-9-4-5-10-24(18)19(25)22-15(2)11-23-13-20-12-21-23/h6-8,12-13,15,18H,4-5,9-11H2,1-3H3,(H,22,25). The number of amides is 2. The van der Waals surface area contributed by atoms with Crippen LogP contribution in [0.5, 0.6) is 0 Å². The van der Waals surface area contributed by atoms with Crippen molar-refractivity contribution in [1.29, 1.82) is 0 Å². The topological polar surface area (TPSA) is 63.1 Å². The molecule has 6 heteroatoms. The number of piperidine rings is 1. The number of urea groups is 1. The molecule has 0 radical (unpaired) electrons. The van der Waals surface area contributed by atoms with E-state index in [0.29, 0.717) is 6.54 Å². The first-order valence-corrected chi connectivity index (χ1v) is 9.02. The average molecular weight is 341 g/mol. The maximum absolute atomic E-state index is 12.9. The maximum Gasteiger partial charge on any atom is 0.318 e. The minimum Gasteiger partial charge on any atom is -0.334 e. The molecule has 0 aliphatic carbocycles. The summed E-state index contributed by atoms with van der Waals surface area (Å²) in [6, 6.07) is 6.56. The molecule has 0 saturated carbocycles. The van der Waals surface area contributed by atoms with Gasteiger partial charge < -0.3 is 10.2 Å². The Morgan fingerprint density at radius 1 is 1.36 bits per heavy atom. The lowest BCUT2D eigenvalue weighted by Crippen LogP contribution is -2.48. The van der Waals surface area contributed by atoms with Gasteiger partial charge in [0.1, 0.15) is 12.7 Å². The van der Waals surface area contributed by atoms with E-state index in [-0.39, 0.29) is 18.1 Å². The van der Waals surface area contributed by atoms with Crippen LogP contribution in [0.25, 0.3) is 0 Å². The van der Waals surface area contributed by atoms with Gasteiger partial charge in [-0.1, -0.05) is 18.2 Å². The van der Waals surface area contributed by atoms with E-state index >= 15 is 0 Å². The largest absolute Gasteiger partial charge is 0.334 e. The zero-order valence-electron chi connectivity index (χ0n) is 15.3. The van der Waals surface area contributed by atoms with Crippen LogP contribution in [0.4, 0.5) is 4.79 Å². The van der Waals surface area contributed by atoms with E-state index < -0.39 is 0 Å². The second-order valence-corrected chi connectivity index (χ2v) is 6.96. The Morgan fingerprint density at radius 3 is 2.96 bits per heavy atom. The van der Waals surface area contributed by atoms with Gasteiger partial charge in [-0.05, 0) is 56.7 Å². The van der Waals surface area contributed by atoms with Gasteiger partial charge in [-0.2, -0.15) is 5.10 Å². The van der Waals surface area contributed by atoms with E-state index in [1.54, 1.807) is 11.0 Å².